The maximum atomic E-state index is 5.26. The van der Waals surface area contributed by atoms with Crippen molar-refractivity contribution in [2.45, 2.75) is 19.3 Å². The van der Waals surface area contributed by atoms with Crippen LogP contribution in [0.2, 0.25) is 0 Å². The van der Waals surface area contributed by atoms with Crippen LogP contribution in [0.5, 0.6) is 0 Å². The molecule has 0 amide bonds. The molecule has 3 heteroatoms. The number of benzene rings is 8. The molecule has 0 atom stereocenters. The summed E-state index contributed by atoms with van der Waals surface area (Å²) in [6.07, 6.45) is 1.93. The highest BCUT2D eigenvalue weighted by atomic mass is 32.1. The second-order valence-electron chi connectivity index (χ2n) is 14.6. The maximum absolute atomic E-state index is 5.26. The molecule has 1 aliphatic rings. The van der Waals surface area contributed by atoms with Crippen molar-refractivity contribution >= 4 is 64.1 Å². The highest BCUT2D eigenvalue weighted by Crippen LogP contribution is 2.50. The molecule has 0 bridgehead atoms. The lowest BCUT2D eigenvalue weighted by Gasteiger charge is -2.22. The van der Waals surface area contributed by atoms with Crippen LogP contribution >= 0.6 is 11.3 Å². The monoisotopic (exact) mass is 680 g/mol. The van der Waals surface area contributed by atoms with Gasteiger partial charge in [-0.1, -0.05) is 129 Å². The van der Waals surface area contributed by atoms with Gasteiger partial charge < -0.3 is 0 Å². The van der Waals surface area contributed by atoms with Crippen molar-refractivity contribution in [1.29, 1.82) is 0 Å². The van der Waals surface area contributed by atoms with Gasteiger partial charge in [0.1, 0.15) is 0 Å². The zero-order valence-electron chi connectivity index (χ0n) is 28.8. The average molecular weight is 681 g/mol. The molecule has 52 heavy (non-hydrogen) atoms. The number of fused-ring (bicyclic) bond motifs is 12. The second-order valence-corrected chi connectivity index (χ2v) is 15.7. The molecular weight excluding hydrogens is 649 g/mol. The predicted molar refractivity (Wildman–Crippen MR) is 221 cm³/mol. The van der Waals surface area contributed by atoms with Gasteiger partial charge in [0.2, 0.25) is 0 Å². The first kappa shape index (κ1) is 29.6. The van der Waals surface area contributed by atoms with Crippen LogP contribution < -0.4 is 0 Å². The molecule has 244 valence electrons. The van der Waals surface area contributed by atoms with Gasteiger partial charge in [0.05, 0.1) is 22.9 Å². The van der Waals surface area contributed by atoms with E-state index in [0.717, 1.165) is 33.1 Å². The Hall–Kier alpha value is -6.16. The van der Waals surface area contributed by atoms with E-state index in [1.807, 2.05) is 17.5 Å². The Morgan fingerprint density at radius 2 is 0.981 bits per heavy atom. The summed E-state index contributed by atoms with van der Waals surface area (Å²) in [7, 11) is 0. The fourth-order valence-corrected chi connectivity index (χ4v) is 9.71. The van der Waals surface area contributed by atoms with Gasteiger partial charge in [-0.3, -0.25) is 4.98 Å². The standard InChI is InChI=1S/C49H32N2S/c1-49(2)42-17-8-7-14-36(42)37-21-18-32(27-43(37)49)31-20-23-46-41(26-31)40-25-30(19-22-45(40)52-46)29-10-9-11-33(24-29)44-28-50-47-38-15-5-3-12-34(38)35-13-4-6-16-39(35)48(47)51-44/h3-28H,1-2H3. The van der Waals surface area contributed by atoms with Gasteiger partial charge in [-0.25, -0.2) is 4.98 Å². The molecule has 0 fully saturated rings. The third-order valence-electron chi connectivity index (χ3n) is 11.3. The molecule has 1 aliphatic carbocycles. The van der Waals surface area contributed by atoms with Crippen LogP contribution in [-0.2, 0) is 5.41 Å². The zero-order valence-corrected chi connectivity index (χ0v) is 29.6. The fourth-order valence-electron chi connectivity index (χ4n) is 8.64. The summed E-state index contributed by atoms with van der Waals surface area (Å²) in [6, 6.07) is 55.5. The normalized spacial score (nSPS) is 13.3. The molecule has 2 heterocycles. The first-order valence-corrected chi connectivity index (χ1v) is 18.7. The molecule has 0 N–H and O–H groups in total. The van der Waals surface area contributed by atoms with Gasteiger partial charge in [0.25, 0.3) is 0 Å². The van der Waals surface area contributed by atoms with Crippen molar-refractivity contribution in [3.8, 4) is 44.6 Å². The quantitative estimate of drug-likeness (QED) is 0.174. The largest absolute Gasteiger partial charge is 0.252 e. The number of thiophene rings is 1. The maximum Gasteiger partial charge on any atom is 0.0979 e. The summed E-state index contributed by atoms with van der Waals surface area (Å²) in [5.41, 5.74) is 14.2. The molecule has 0 unspecified atom stereocenters. The molecular formula is C49H32N2S. The lowest BCUT2D eigenvalue weighted by molar-refractivity contribution is 0.660. The topological polar surface area (TPSA) is 25.8 Å². The van der Waals surface area contributed by atoms with Gasteiger partial charge >= 0.3 is 0 Å². The van der Waals surface area contributed by atoms with Crippen molar-refractivity contribution in [2.75, 3.05) is 0 Å². The van der Waals surface area contributed by atoms with E-state index in [2.05, 4.69) is 166 Å². The summed E-state index contributed by atoms with van der Waals surface area (Å²) < 4.78 is 2.61. The highest BCUT2D eigenvalue weighted by molar-refractivity contribution is 7.25. The summed E-state index contributed by atoms with van der Waals surface area (Å²) in [6.45, 7) is 4.70. The van der Waals surface area contributed by atoms with Crippen LogP contribution in [-0.4, -0.2) is 9.97 Å². The molecule has 0 spiro atoms. The Kier molecular flexibility index (Phi) is 6.21. The van der Waals surface area contributed by atoms with E-state index in [1.54, 1.807) is 0 Å². The van der Waals surface area contributed by atoms with E-state index in [1.165, 1.54) is 75.5 Å². The Balaban J connectivity index is 0.997. The van der Waals surface area contributed by atoms with E-state index in [9.17, 15) is 0 Å². The number of nitrogens with zero attached hydrogens (tertiary/aromatic N) is 2. The first-order chi connectivity index (χ1) is 25.5. The Labute approximate surface area is 305 Å². The highest BCUT2D eigenvalue weighted by Gasteiger charge is 2.35. The van der Waals surface area contributed by atoms with Crippen molar-refractivity contribution in [1.82, 2.24) is 9.97 Å². The van der Waals surface area contributed by atoms with Crippen LogP contribution in [0.15, 0.2) is 158 Å². The Bertz CT molecular complexity index is 3080. The Morgan fingerprint density at radius 3 is 1.71 bits per heavy atom. The minimum Gasteiger partial charge on any atom is -0.252 e. The lowest BCUT2D eigenvalue weighted by Crippen LogP contribution is -2.14. The van der Waals surface area contributed by atoms with Gasteiger partial charge in [-0.2, -0.15) is 0 Å². The summed E-state index contributed by atoms with van der Waals surface area (Å²) in [4.78, 5) is 10.3. The predicted octanol–water partition coefficient (Wildman–Crippen LogP) is 13.6. The molecule has 11 rings (SSSR count). The third kappa shape index (κ3) is 4.30. The summed E-state index contributed by atoms with van der Waals surface area (Å²) >= 11 is 1.87. The molecule has 0 saturated heterocycles. The average Bonchev–Trinajstić information content (AvgIpc) is 3.68. The minimum absolute atomic E-state index is 0.0227. The van der Waals surface area contributed by atoms with E-state index >= 15 is 0 Å². The number of rotatable bonds is 3. The van der Waals surface area contributed by atoms with Crippen molar-refractivity contribution in [3.05, 3.63) is 169 Å². The van der Waals surface area contributed by atoms with Gasteiger partial charge in [0, 0.05) is 41.9 Å². The van der Waals surface area contributed by atoms with Crippen molar-refractivity contribution in [3.63, 3.8) is 0 Å². The minimum atomic E-state index is -0.0227. The molecule has 0 radical (unpaired) electrons. The SMILES string of the molecule is CC1(C)c2ccccc2-c2ccc(-c3ccc4sc5ccc(-c6cccc(-c7cnc8c9ccccc9c9ccccc9c8n7)c6)cc5c4c3)cc21. The summed E-state index contributed by atoms with van der Waals surface area (Å²) in [5, 5.41) is 7.27. The molecule has 10 aromatic rings. The third-order valence-corrected chi connectivity index (χ3v) is 12.5. The fraction of sp³-hybridized carbons (Fsp3) is 0.0612. The number of hydrogen-bond donors (Lipinski definition) is 0. The molecule has 0 aliphatic heterocycles. The molecule has 2 nitrogen and oxygen atoms in total. The lowest BCUT2D eigenvalue weighted by atomic mass is 9.81. The van der Waals surface area contributed by atoms with Crippen molar-refractivity contribution in [2.24, 2.45) is 0 Å². The number of hydrogen-bond acceptors (Lipinski definition) is 3. The Morgan fingerprint density at radius 1 is 0.423 bits per heavy atom. The zero-order chi connectivity index (χ0) is 34.6. The van der Waals surface area contributed by atoms with E-state index in [-0.39, 0.29) is 5.41 Å². The molecule has 0 saturated carbocycles. The number of aromatic nitrogens is 2. The molecule has 2 aromatic heterocycles. The summed E-state index contributed by atoms with van der Waals surface area (Å²) in [5.74, 6) is 0. The van der Waals surface area contributed by atoms with Gasteiger partial charge in [-0.05, 0) is 91.7 Å². The van der Waals surface area contributed by atoms with Crippen LogP contribution in [0.3, 0.4) is 0 Å². The van der Waals surface area contributed by atoms with Crippen LogP contribution in [0.4, 0.5) is 0 Å². The van der Waals surface area contributed by atoms with Crippen LogP contribution in [0.1, 0.15) is 25.0 Å². The van der Waals surface area contributed by atoms with E-state index < -0.39 is 0 Å². The van der Waals surface area contributed by atoms with Gasteiger partial charge in [-0.15, -0.1) is 11.3 Å². The van der Waals surface area contributed by atoms with Crippen LogP contribution in [0.25, 0.3) is 97.4 Å². The van der Waals surface area contributed by atoms with Crippen LogP contribution in [0, 0.1) is 0 Å². The van der Waals surface area contributed by atoms with Crippen molar-refractivity contribution < 1.29 is 0 Å². The van der Waals surface area contributed by atoms with E-state index in [4.69, 9.17) is 9.97 Å². The molecule has 8 aromatic carbocycles. The second kappa shape index (κ2) is 10.9. The van der Waals surface area contributed by atoms with E-state index in [0.29, 0.717) is 0 Å². The van der Waals surface area contributed by atoms with Gasteiger partial charge in [0.15, 0.2) is 0 Å². The first-order valence-electron chi connectivity index (χ1n) is 17.9. The smallest absolute Gasteiger partial charge is 0.0979 e.